The zero-order valence-corrected chi connectivity index (χ0v) is 10.9. The summed E-state index contributed by atoms with van der Waals surface area (Å²) in [5.74, 6) is 0. The normalized spacial score (nSPS) is 24.4. The summed E-state index contributed by atoms with van der Waals surface area (Å²) in [7, 11) is 0. The second-order valence-corrected chi connectivity index (χ2v) is 4.92. The number of carbonyl (C=O) groups is 1. The molecule has 0 bridgehead atoms. The molecule has 1 fully saturated rings. The molecule has 1 aliphatic rings. The number of urea groups is 1. The van der Waals surface area contributed by atoms with Crippen molar-refractivity contribution in [3.63, 3.8) is 0 Å². The average Bonchev–Trinajstić information content (AvgIpc) is 2.32. The Morgan fingerprint density at radius 2 is 2.00 bits per heavy atom. The fourth-order valence-corrected chi connectivity index (χ4v) is 2.25. The molecule has 1 saturated carbocycles. The molecule has 0 spiro atoms. The number of hydrogen-bond donors (Lipinski definition) is 3. The first-order valence-corrected chi connectivity index (χ1v) is 6.96. The minimum atomic E-state index is -0.366. The van der Waals surface area contributed by atoms with E-state index in [-0.39, 0.29) is 18.2 Å². The van der Waals surface area contributed by atoms with Crippen LogP contribution in [0.2, 0.25) is 0 Å². The predicted molar refractivity (Wildman–Crippen MR) is 68.9 cm³/mol. The van der Waals surface area contributed by atoms with E-state index in [0.717, 1.165) is 38.6 Å². The Morgan fingerprint density at radius 1 is 1.24 bits per heavy atom. The van der Waals surface area contributed by atoms with E-state index in [1.807, 2.05) is 0 Å². The van der Waals surface area contributed by atoms with Gasteiger partial charge in [-0.1, -0.05) is 39.0 Å². The lowest BCUT2D eigenvalue weighted by molar-refractivity contribution is 0.0943. The largest absolute Gasteiger partial charge is 0.391 e. The average molecular weight is 242 g/mol. The molecule has 100 valence electrons. The number of unbranched alkanes of at least 4 members (excludes halogenated alkanes) is 3. The summed E-state index contributed by atoms with van der Waals surface area (Å²) in [6.07, 6.45) is 8.14. The van der Waals surface area contributed by atoms with Gasteiger partial charge in [0, 0.05) is 6.54 Å². The Bertz CT molecular complexity index is 221. The van der Waals surface area contributed by atoms with Gasteiger partial charge in [-0.05, 0) is 19.3 Å². The van der Waals surface area contributed by atoms with Crippen LogP contribution < -0.4 is 10.6 Å². The smallest absolute Gasteiger partial charge is 0.315 e. The molecule has 2 amide bonds. The second kappa shape index (κ2) is 8.34. The number of aliphatic hydroxyl groups is 1. The molecule has 0 aromatic heterocycles. The molecule has 0 radical (unpaired) electrons. The summed E-state index contributed by atoms with van der Waals surface area (Å²) in [6.45, 7) is 2.90. The molecule has 1 aliphatic carbocycles. The molecule has 0 aromatic rings. The number of amides is 2. The first kappa shape index (κ1) is 14.3. The zero-order chi connectivity index (χ0) is 12.5. The minimum absolute atomic E-state index is 0.0561. The van der Waals surface area contributed by atoms with Crippen molar-refractivity contribution in [2.45, 2.75) is 70.4 Å². The standard InChI is InChI=1S/C13H26N2O2/c1-2-3-4-7-10-14-13(17)15-11-8-5-6-9-12(11)16/h11-12,16H,2-10H2,1H3,(H2,14,15,17). The highest BCUT2D eigenvalue weighted by Gasteiger charge is 2.24. The number of aliphatic hydroxyl groups excluding tert-OH is 1. The van der Waals surface area contributed by atoms with Crippen molar-refractivity contribution in [1.82, 2.24) is 10.6 Å². The lowest BCUT2D eigenvalue weighted by Crippen LogP contribution is -2.49. The number of rotatable bonds is 6. The van der Waals surface area contributed by atoms with Crippen LogP contribution in [0.25, 0.3) is 0 Å². The van der Waals surface area contributed by atoms with Crippen molar-refractivity contribution in [3.8, 4) is 0 Å². The fourth-order valence-electron chi connectivity index (χ4n) is 2.25. The van der Waals surface area contributed by atoms with Gasteiger partial charge in [-0.25, -0.2) is 4.79 Å². The summed E-state index contributed by atoms with van der Waals surface area (Å²) >= 11 is 0. The Hall–Kier alpha value is -0.770. The molecule has 2 atom stereocenters. The molecule has 17 heavy (non-hydrogen) atoms. The number of hydrogen-bond acceptors (Lipinski definition) is 2. The summed E-state index contributed by atoms with van der Waals surface area (Å²) in [6, 6.07) is -0.188. The molecule has 0 aromatic carbocycles. The Balaban J connectivity index is 2.07. The Labute approximate surface area is 104 Å². The van der Waals surface area contributed by atoms with Gasteiger partial charge in [0.05, 0.1) is 12.1 Å². The van der Waals surface area contributed by atoms with Gasteiger partial charge in [-0.2, -0.15) is 0 Å². The van der Waals surface area contributed by atoms with Crippen molar-refractivity contribution < 1.29 is 9.90 Å². The van der Waals surface area contributed by atoms with Crippen LogP contribution in [0.3, 0.4) is 0 Å². The van der Waals surface area contributed by atoms with Gasteiger partial charge in [-0.15, -0.1) is 0 Å². The van der Waals surface area contributed by atoms with E-state index in [4.69, 9.17) is 0 Å². The van der Waals surface area contributed by atoms with Gasteiger partial charge in [0.25, 0.3) is 0 Å². The lowest BCUT2D eigenvalue weighted by Gasteiger charge is -2.28. The van der Waals surface area contributed by atoms with Crippen LogP contribution in [0.4, 0.5) is 4.79 Å². The number of nitrogens with one attached hydrogen (secondary N) is 2. The van der Waals surface area contributed by atoms with Gasteiger partial charge in [-0.3, -0.25) is 0 Å². The zero-order valence-electron chi connectivity index (χ0n) is 10.9. The van der Waals surface area contributed by atoms with Crippen LogP contribution in [0.5, 0.6) is 0 Å². The molecule has 0 aliphatic heterocycles. The van der Waals surface area contributed by atoms with Crippen LogP contribution in [0.15, 0.2) is 0 Å². The second-order valence-electron chi connectivity index (χ2n) is 4.92. The van der Waals surface area contributed by atoms with Gasteiger partial charge >= 0.3 is 6.03 Å². The van der Waals surface area contributed by atoms with Gasteiger partial charge in [0.2, 0.25) is 0 Å². The van der Waals surface area contributed by atoms with Crippen molar-refractivity contribution in [3.05, 3.63) is 0 Å². The maximum Gasteiger partial charge on any atom is 0.315 e. The predicted octanol–water partition coefficient (Wildman–Crippen LogP) is 2.17. The topological polar surface area (TPSA) is 61.4 Å². The van der Waals surface area contributed by atoms with Crippen LogP contribution in [0.1, 0.15) is 58.3 Å². The van der Waals surface area contributed by atoms with E-state index in [2.05, 4.69) is 17.6 Å². The molecular weight excluding hydrogens is 216 g/mol. The monoisotopic (exact) mass is 242 g/mol. The van der Waals surface area contributed by atoms with E-state index in [1.165, 1.54) is 19.3 Å². The third kappa shape index (κ3) is 5.91. The van der Waals surface area contributed by atoms with Gasteiger partial charge in [0.1, 0.15) is 0 Å². The van der Waals surface area contributed by atoms with Gasteiger partial charge in [0.15, 0.2) is 0 Å². The third-order valence-corrected chi connectivity index (χ3v) is 3.36. The maximum absolute atomic E-state index is 11.6. The first-order valence-electron chi connectivity index (χ1n) is 6.96. The fraction of sp³-hybridized carbons (Fsp3) is 0.923. The lowest BCUT2D eigenvalue weighted by atomic mass is 9.93. The van der Waals surface area contributed by atoms with Crippen molar-refractivity contribution in [2.75, 3.05) is 6.54 Å². The van der Waals surface area contributed by atoms with E-state index < -0.39 is 0 Å². The van der Waals surface area contributed by atoms with Crippen LogP contribution >= 0.6 is 0 Å². The van der Waals surface area contributed by atoms with E-state index in [9.17, 15) is 9.90 Å². The maximum atomic E-state index is 11.6. The minimum Gasteiger partial charge on any atom is -0.391 e. The summed E-state index contributed by atoms with van der Waals surface area (Å²) in [5.41, 5.74) is 0. The van der Waals surface area contributed by atoms with Gasteiger partial charge < -0.3 is 15.7 Å². The van der Waals surface area contributed by atoms with Crippen LogP contribution in [-0.2, 0) is 0 Å². The SMILES string of the molecule is CCCCCCNC(=O)NC1CCCCC1O. The molecule has 2 unspecified atom stereocenters. The Kier molecular flexibility index (Phi) is 7.01. The summed E-state index contributed by atoms with van der Waals surface area (Å²) in [4.78, 5) is 11.6. The highest BCUT2D eigenvalue weighted by Crippen LogP contribution is 2.18. The van der Waals surface area contributed by atoms with Crippen molar-refractivity contribution in [1.29, 1.82) is 0 Å². The number of carbonyl (C=O) groups excluding carboxylic acids is 1. The van der Waals surface area contributed by atoms with Crippen LogP contribution in [-0.4, -0.2) is 29.8 Å². The molecular formula is C13H26N2O2. The molecule has 1 rings (SSSR count). The molecule has 4 heteroatoms. The molecule has 3 N–H and O–H groups in total. The highest BCUT2D eigenvalue weighted by atomic mass is 16.3. The van der Waals surface area contributed by atoms with Crippen LogP contribution in [0, 0.1) is 0 Å². The first-order chi connectivity index (χ1) is 8.24. The van der Waals surface area contributed by atoms with E-state index in [1.54, 1.807) is 0 Å². The van der Waals surface area contributed by atoms with E-state index >= 15 is 0 Å². The summed E-state index contributed by atoms with van der Waals surface area (Å²) < 4.78 is 0. The van der Waals surface area contributed by atoms with E-state index in [0.29, 0.717) is 0 Å². The quantitative estimate of drug-likeness (QED) is 0.625. The third-order valence-electron chi connectivity index (χ3n) is 3.36. The van der Waals surface area contributed by atoms with Crippen molar-refractivity contribution >= 4 is 6.03 Å². The Morgan fingerprint density at radius 3 is 2.71 bits per heavy atom. The molecule has 4 nitrogen and oxygen atoms in total. The summed E-state index contributed by atoms with van der Waals surface area (Å²) in [5, 5.41) is 15.4. The highest BCUT2D eigenvalue weighted by molar-refractivity contribution is 5.74. The molecule has 0 saturated heterocycles. The molecule has 0 heterocycles. The van der Waals surface area contributed by atoms with Crippen molar-refractivity contribution in [2.24, 2.45) is 0 Å².